The van der Waals surface area contributed by atoms with Crippen molar-refractivity contribution in [2.75, 3.05) is 16.8 Å². The third kappa shape index (κ3) is 3.51. The van der Waals surface area contributed by atoms with E-state index in [4.69, 9.17) is 9.47 Å². The van der Waals surface area contributed by atoms with Crippen molar-refractivity contribution in [3.63, 3.8) is 0 Å². The number of fused-ring (bicyclic) bond motifs is 4. The van der Waals surface area contributed by atoms with Gasteiger partial charge in [-0.1, -0.05) is 48.5 Å². The fourth-order valence-electron chi connectivity index (χ4n) is 4.72. The summed E-state index contributed by atoms with van der Waals surface area (Å²) in [7, 11) is 0. The lowest BCUT2D eigenvalue weighted by Crippen LogP contribution is -2.30. The SMILES string of the molecule is CCN1C(=O)c2cc(NC(=O)C3c4ccccc4Oc4ccccc43)ccc2Oc2ccccc21. The molecule has 0 saturated heterocycles. The van der Waals surface area contributed by atoms with E-state index < -0.39 is 5.92 Å². The topological polar surface area (TPSA) is 67.9 Å². The quantitative estimate of drug-likeness (QED) is 0.386. The molecule has 0 spiro atoms. The summed E-state index contributed by atoms with van der Waals surface area (Å²) in [5, 5.41) is 3.02. The van der Waals surface area contributed by atoms with Gasteiger partial charge in [-0.15, -0.1) is 0 Å². The van der Waals surface area contributed by atoms with Crippen molar-refractivity contribution in [3.05, 3.63) is 108 Å². The Labute approximate surface area is 202 Å². The lowest BCUT2D eigenvalue weighted by molar-refractivity contribution is -0.116. The molecule has 2 heterocycles. The van der Waals surface area contributed by atoms with E-state index in [1.54, 1.807) is 23.1 Å². The molecule has 0 saturated carbocycles. The summed E-state index contributed by atoms with van der Waals surface area (Å²) >= 11 is 0. The predicted molar refractivity (Wildman–Crippen MR) is 134 cm³/mol. The molecule has 0 bridgehead atoms. The molecular weight excluding hydrogens is 440 g/mol. The maximum atomic E-state index is 13.6. The Morgan fingerprint density at radius 1 is 0.800 bits per heavy atom. The van der Waals surface area contributed by atoms with Gasteiger partial charge in [0.1, 0.15) is 17.2 Å². The highest BCUT2D eigenvalue weighted by atomic mass is 16.5. The first kappa shape index (κ1) is 21.0. The van der Waals surface area contributed by atoms with Crippen molar-refractivity contribution in [3.8, 4) is 23.0 Å². The lowest BCUT2D eigenvalue weighted by Gasteiger charge is -2.27. The van der Waals surface area contributed by atoms with E-state index in [0.29, 0.717) is 40.8 Å². The predicted octanol–water partition coefficient (Wildman–Crippen LogP) is 6.34. The number of rotatable bonds is 3. The van der Waals surface area contributed by atoms with Crippen LogP contribution in [0.1, 0.15) is 34.3 Å². The van der Waals surface area contributed by atoms with Crippen molar-refractivity contribution in [1.29, 1.82) is 0 Å². The zero-order valence-electron chi connectivity index (χ0n) is 19.0. The molecule has 2 aliphatic rings. The Kier molecular flexibility index (Phi) is 4.99. The number of benzene rings is 4. The molecule has 4 aromatic carbocycles. The summed E-state index contributed by atoms with van der Waals surface area (Å²) in [5.74, 6) is 1.47. The number of carbonyl (C=O) groups excluding carboxylic acids is 2. The van der Waals surface area contributed by atoms with Gasteiger partial charge in [-0.25, -0.2) is 0 Å². The molecule has 172 valence electrons. The van der Waals surface area contributed by atoms with Gasteiger partial charge in [0, 0.05) is 23.4 Å². The van der Waals surface area contributed by atoms with Crippen LogP contribution in [0.2, 0.25) is 0 Å². The van der Waals surface area contributed by atoms with E-state index >= 15 is 0 Å². The average Bonchev–Trinajstić information content (AvgIpc) is 3.00. The van der Waals surface area contributed by atoms with Gasteiger partial charge < -0.3 is 19.7 Å². The van der Waals surface area contributed by atoms with E-state index in [1.807, 2.05) is 79.7 Å². The van der Waals surface area contributed by atoms with Crippen LogP contribution in [-0.2, 0) is 4.79 Å². The lowest BCUT2D eigenvalue weighted by atomic mass is 9.87. The molecule has 0 unspecified atom stereocenters. The fourth-order valence-corrected chi connectivity index (χ4v) is 4.72. The number of para-hydroxylation sites is 4. The van der Waals surface area contributed by atoms with E-state index in [9.17, 15) is 9.59 Å². The minimum absolute atomic E-state index is 0.176. The van der Waals surface area contributed by atoms with Crippen LogP contribution in [0.3, 0.4) is 0 Å². The number of carbonyl (C=O) groups is 2. The van der Waals surface area contributed by atoms with Gasteiger partial charge in [0.15, 0.2) is 5.75 Å². The monoisotopic (exact) mass is 462 g/mol. The fraction of sp³-hybridized carbons (Fsp3) is 0.103. The van der Waals surface area contributed by atoms with Crippen molar-refractivity contribution < 1.29 is 19.1 Å². The Morgan fingerprint density at radius 3 is 2.09 bits per heavy atom. The van der Waals surface area contributed by atoms with Gasteiger partial charge >= 0.3 is 0 Å². The molecular formula is C29H22N2O4. The molecule has 0 aromatic heterocycles. The molecule has 35 heavy (non-hydrogen) atoms. The molecule has 0 radical (unpaired) electrons. The normalized spacial score (nSPS) is 13.9. The second-order valence-electron chi connectivity index (χ2n) is 8.43. The second kappa shape index (κ2) is 8.33. The molecule has 0 fully saturated rings. The molecule has 2 amide bonds. The van der Waals surface area contributed by atoms with Gasteiger partial charge in [0.2, 0.25) is 5.91 Å². The minimum atomic E-state index is -0.543. The van der Waals surface area contributed by atoms with E-state index in [0.717, 1.165) is 16.8 Å². The van der Waals surface area contributed by atoms with Crippen LogP contribution in [-0.4, -0.2) is 18.4 Å². The van der Waals surface area contributed by atoms with Crippen LogP contribution in [0.5, 0.6) is 23.0 Å². The van der Waals surface area contributed by atoms with Gasteiger partial charge in [-0.05, 0) is 49.4 Å². The van der Waals surface area contributed by atoms with Gasteiger partial charge in [-0.3, -0.25) is 9.59 Å². The Balaban J connectivity index is 1.36. The molecule has 6 rings (SSSR count). The summed E-state index contributed by atoms with van der Waals surface area (Å²) in [5.41, 5.74) is 3.23. The van der Waals surface area contributed by atoms with Crippen LogP contribution in [0.25, 0.3) is 0 Å². The van der Waals surface area contributed by atoms with E-state index in [2.05, 4.69) is 5.32 Å². The maximum absolute atomic E-state index is 13.6. The van der Waals surface area contributed by atoms with Crippen molar-refractivity contribution >= 4 is 23.2 Å². The standard InChI is InChI=1S/C29H22N2O4/c1-2-31-22-11-5-8-14-26(22)35-25-16-15-18(17-21(25)29(31)33)30-28(32)27-19-9-3-6-12-23(19)34-24-13-7-4-10-20(24)27/h3-17,27H,2H2,1H3,(H,30,32). The molecule has 4 aromatic rings. The molecule has 0 aliphatic carbocycles. The van der Waals surface area contributed by atoms with E-state index in [-0.39, 0.29) is 11.8 Å². The Bertz CT molecular complexity index is 1430. The van der Waals surface area contributed by atoms with E-state index in [1.165, 1.54) is 0 Å². The number of hydrogen-bond donors (Lipinski definition) is 1. The summed E-state index contributed by atoms with van der Waals surface area (Å²) in [6, 6.07) is 27.7. The third-order valence-corrected chi connectivity index (χ3v) is 6.36. The average molecular weight is 463 g/mol. The summed E-state index contributed by atoms with van der Waals surface area (Å²) in [6.45, 7) is 2.41. The van der Waals surface area contributed by atoms with Gasteiger partial charge in [0.25, 0.3) is 5.91 Å². The molecule has 2 aliphatic heterocycles. The smallest absolute Gasteiger partial charge is 0.262 e. The first-order chi connectivity index (χ1) is 17.1. The highest BCUT2D eigenvalue weighted by Crippen LogP contribution is 2.45. The number of amides is 2. The van der Waals surface area contributed by atoms with Crippen molar-refractivity contribution in [2.45, 2.75) is 12.8 Å². The number of nitrogens with one attached hydrogen (secondary N) is 1. The Morgan fingerprint density at radius 2 is 1.40 bits per heavy atom. The molecule has 1 N–H and O–H groups in total. The van der Waals surface area contributed by atoms with Crippen LogP contribution >= 0.6 is 0 Å². The maximum Gasteiger partial charge on any atom is 0.262 e. The van der Waals surface area contributed by atoms with Crippen LogP contribution in [0, 0.1) is 0 Å². The van der Waals surface area contributed by atoms with Crippen LogP contribution < -0.4 is 19.7 Å². The molecule has 0 atom stereocenters. The zero-order valence-corrected chi connectivity index (χ0v) is 19.0. The largest absolute Gasteiger partial charge is 0.457 e. The number of nitrogens with zero attached hydrogens (tertiary/aromatic N) is 1. The third-order valence-electron chi connectivity index (χ3n) is 6.36. The summed E-state index contributed by atoms with van der Waals surface area (Å²) in [4.78, 5) is 28.7. The van der Waals surface area contributed by atoms with Crippen molar-refractivity contribution in [1.82, 2.24) is 0 Å². The Hall–Kier alpha value is -4.58. The highest BCUT2D eigenvalue weighted by Gasteiger charge is 2.33. The molecule has 6 nitrogen and oxygen atoms in total. The first-order valence-corrected chi connectivity index (χ1v) is 11.5. The highest BCUT2D eigenvalue weighted by molar-refractivity contribution is 6.10. The minimum Gasteiger partial charge on any atom is -0.457 e. The first-order valence-electron chi connectivity index (χ1n) is 11.5. The summed E-state index contributed by atoms with van der Waals surface area (Å²) in [6.07, 6.45) is 0. The number of ether oxygens (including phenoxy) is 2. The second-order valence-corrected chi connectivity index (χ2v) is 8.43. The van der Waals surface area contributed by atoms with Crippen LogP contribution in [0.15, 0.2) is 91.0 Å². The zero-order chi connectivity index (χ0) is 23.9. The molecule has 6 heteroatoms. The number of anilines is 2. The van der Waals surface area contributed by atoms with Gasteiger partial charge in [-0.2, -0.15) is 0 Å². The summed E-state index contributed by atoms with van der Waals surface area (Å²) < 4.78 is 12.1. The number of hydrogen-bond acceptors (Lipinski definition) is 4. The van der Waals surface area contributed by atoms with Crippen molar-refractivity contribution in [2.24, 2.45) is 0 Å². The van der Waals surface area contributed by atoms with Crippen LogP contribution in [0.4, 0.5) is 11.4 Å². The van der Waals surface area contributed by atoms with Gasteiger partial charge in [0.05, 0.1) is 17.2 Å².